The van der Waals surface area contributed by atoms with Crippen LogP contribution < -0.4 is 10.6 Å². The molecular formula is C23H24N4O2. The second kappa shape index (κ2) is 7.81. The first kappa shape index (κ1) is 18.1. The van der Waals surface area contributed by atoms with Crippen molar-refractivity contribution in [1.82, 2.24) is 9.88 Å². The summed E-state index contributed by atoms with van der Waals surface area (Å²) in [5.41, 5.74) is 4.56. The summed E-state index contributed by atoms with van der Waals surface area (Å²) in [5.74, 6) is -0.399. The Kier molecular flexibility index (Phi) is 4.87. The maximum atomic E-state index is 12.7. The first-order valence-electron chi connectivity index (χ1n) is 10.1. The lowest BCUT2D eigenvalue weighted by Gasteiger charge is -2.26. The van der Waals surface area contributed by atoms with Crippen LogP contribution >= 0.6 is 0 Å². The van der Waals surface area contributed by atoms with Crippen LogP contribution in [0.1, 0.15) is 17.2 Å². The number of fused-ring (bicyclic) bond motifs is 2. The summed E-state index contributed by atoms with van der Waals surface area (Å²) in [6, 6.07) is 18.0. The molecule has 0 radical (unpaired) electrons. The van der Waals surface area contributed by atoms with Gasteiger partial charge < -0.3 is 15.4 Å². The number of carbonyl (C=O) groups is 1. The van der Waals surface area contributed by atoms with Crippen molar-refractivity contribution < 1.29 is 9.53 Å². The molecule has 0 bridgehead atoms. The van der Waals surface area contributed by atoms with Crippen molar-refractivity contribution in [1.29, 1.82) is 0 Å². The third kappa shape index (κ3) is 3.57. The number of benzene rings is 2. The smallest absolute Gasteiger partial charge is 0.238 e. The van der Waals surface area contributed by atoms with Crippen LogP contribution in [-0.2, 0) is 9.53 Å². The van der Waals surface area contributed by atoms with Gasteiger partial charge in [0.1, 0.15) is 5.92 Å². The summed E-state index contributed by atoms with van der Waals surface area (Å²) in [6.07, 6.45) is 0. The van der Waals surface area contributed by atoms with Gasteiger partial charge in [-0.3, -0.25) is 14.7 Å². The number of hydrogen-bond donors (Lipinski definition) is 2. The van der Waals surface area contributed by atoms with Crippen LogP contribution in [-0.4, -0.2) is 55.2 Å². The number of hydrogen-bond acceptors (Lipinski definition) is 5. The van der Waals surface area contributed by atoms with E-state index in [1.165, 1.54) is 0 Å². The molecule has 0 aliphatic carbocycles. The number of amides is 1. The van der Waals surface area contributed by atoms with Gasteiger partial charge in [-0.15, -0.1) is 0 Å². The van der Waals surface area contributed by atoms with Crippen molar-refractivity contribution >= 4 is 28.2 Å². The average Bonchev–Trinajstić information content (AvgIpc) is 3.10. The second-order valence-corrected chi connectivity index (χ2v) is 7.50. The van der Waals surface area contributed by atoms with Crippen LogP contribution in [0.15, 0.2) is 54.6 Å². The third-order valence-electron chi connectivity index (χ3n) is 5.67. The average molecular weight is 388 g/mol. The number of morpholine rings is 1. The molecule has 1 unspecified atom stereocenters. The Hall–Kier alpha value is -2.96. The largest absolute Gasteiger partial charge is 0.383 e. The molecule has 148 valence electrons. The normalized spacial score (nSPS) is 19.2. The number of nitrogens with one attached hydrogen (secondary N) is 2. The van der Waals surface area contributed by atoms with Crippen molar-refractivity contribution in [2.75, 3.05) is 50.0 Å². The number of carbonyl (C=O) groups excluding carboxylic acids is 1. The molecular weight excluding hydrogens is 364 g/mol. The van der Waals surface area contributed by atoms with E-state index in [0.29, 0.717) is 0 Å². The van der Waals surface area contributed by atoms with Gasteiger partial charge in [0.2, 0.25) is 5.91 Å². The lowest BCUT2D eigenvalue weighted by molar-refractivity contribution is -0.116. The highest BCUT2D eigenvalue weighted by Crippen LogP contribution is 2.38. The maximum absolute atomic E-state index is 12.7. The zero-order valence-electron chi connectivity index (χ0n) is 16.2. The summed E-state index contributed by atoms with van der Waals surface area (Å²) in [5, 5.41) is 7.64. The van der Waals surface area contributed by atoms with E-state index in [4.69, 9.17) is 9.72 Å². The molecule has 0 saturated carbocycles. The lowest BCUT2D eigenvalue weighted by Crippen LogP contribution is -2.39. The molecule has 1 fully saturated rings. The van der Waals surface area contributed by atoms with Gasteiger partial charge in [-0.1, -0.05) is 36.4 Å². The van der Waals surface area contributed by atoms with Gasteiger partial charge in [-0.25, -0.2) is 0 Å². The van der Waals surface area contributed by atoms with Crippen molar-refractivity contribution in [2.24, 2.45) is 0 Å². The standard InChI is InChI=1S/C23H24N4O2/c28-23-22(17-6-2-4-8-19(17)26-23)21-15-20(16-5-1-3-7-18(16)25-21)24-9-10-27-11-13-29-14-12-27/h1-8,15,22H,9-14H2,(H,24,25)(H,26,28). The molecule has 0 spiro atoms. The summed E-state index contributed by atoms with van der Waals surface area (Å²) in [4.78, 5) is 20.0. The first-order valence-corrected chi connectivity index (χ1v) is 10.1. The quantitative estimate of drug-likeness (QED) is 0.703. The van der Waals surface area contributed by atoms with E-state index < -0.39 is 0 Å². The van der Waals surface area contributed by atoms with Crippen molar-refractivity contribution in [3.05, 3.63) is 65.9 Å². The van der Waals surface area contributed by atoms with E-state index >= 15 is 0 Å². The maximum Gasteiger partial charge on any atom is 0.238 e. The molecule has 6 nitrogen and oxygen atoms in total. The van der Waals surface area contributed by atoms with E-state index in [2.05, 4.69) is 21.6 Å². The number of nitrogens with zero attached hydrogens (tertiary/aromatic N) is 2. The predicted molar refractivity (Wildman–Crippen MR) is 114 cm³/mol. The van der Waals surface area contributed by atoms with Gasteiger partial charge in [-0.05, 0) is 23.8 Å². The topological polar surface area (TPSA) is 66.5 Å². The van der Waals surface area contributed by atoms with Crippen LogP contribution in [0.2, 0.25) is 0 Å². The lowest BCUT2D eigenvalue weighted by atomic mass is 9.95. The molecule has 1 saturated heterocycles. The summed E-state index contributed by atoms with van der Waals surface area (Å²) < 4.78 is 5.43. The van der Waals surface area contributed by atoms with E-state index in [-0.39, 0.29) is 11.8 Å². The number of aromatic nitrogens is 1. The number of pyridine rings is 1. The second-order valence-electron chi connectivity index (χ2n) is 7.50. The zero-order valence-corrected chi connectivity index (χ0v) is 16.2. The molecule has 1 atom stereocenters. The number of rotatable bonds is 5. The molecule has 3 heterocycles. The van der Waals surface area contributed by atoms with Crippen molar-refractivity contribution in [2.45, 2.75) is 5.92 Å². The number of anilines is 2. The zero-order chi connectivity index (χ0) is 19.6. The fourth-order valence-corrected chi connectivity index (χ4v) is 4.17. The minimum absolute atomic E-state index is 0.0201. The first-order chi connectivity index (χ1) is 14.3. The summed E-state index contributed by atoms with van der Waals surface area (Å²) in [7, 11) is 0. The minimum atomic E-state index is -0.379. The van der Waals surface area contributed by atoms with Gasteiger partial charge in [0.25, 0.3) is 0 Å². The Labute approximate surface area is 169 Å². The Balaban J connectivity index is 1.45. The van der Waals surface area contributed by atoms with Crippen molar-refractivity contribution in [3.63, 3.8) is 0 Å². The molecule has 1 amide bonds. The monoisotopic (exact) mass is 388 g/mol. The van der Waals surface area contributed by atoms with E-state index in [9.17, 15) is 4.79 Å². The van der Waals surface area contributed by atoms with Gasteiger partial charge in [0.15, 0.2) is 0 Å². The Morgan fingerprint density at radius 2 is 1.90 bits per heavy atom. The highest BCUT2D eigenvalue weighted by atomic mass is 16.5. The highest BCUT2D eigenvalue weighted by molar-refractivity contribution is 6.05. The van der Waals surface area contributed by atoms with Crippen LogP contribution in [0.3, 0.4) is 0 Å². The Bertz CT molecular complexity index is 1050. The number of ether oxygens (including phenoxy) is 1. The molecule has 2 aliphatic heterocycles. The Morgan fingerprint density at radius 3 is 2.79 bits per heavy atom. The molecule has 5 rings (SSSR count). The molecule has 2 N–H and O–H groups in total. The van der Waals surface area contributed by atoms with Gasteiger partial charge in [0, 0.05) is 42.9 Å². The van der Waals surface area contributed by atoms with Gasteiger partial charge in [-0.2, -0.15) is 0 Å². The molecule has 2 aromatic carbocycles. The molecule has 6 heteroatoms. The van der Waals surface area contributed by atoms with Gasteiger partial charge in [0.05, 0.1) is 24.4 Å². The van der Waals surface area contributed by atoms with E-state index in [1.807, 2.05) is 48.5 Å². The third-order valence-corrected chi connectivity index (χ3v) is 5.67. The highest BCUT2D eigenvalue weighted by Gasteiger charge is 2.33. The van der Waals surface area contributed by atoms with Crippen LogP contribution in [0.5, 0.6) is 0 Å². The van der Waals surface area contributed by atoms with Crippen molar-refractivity contribution in [3.8, 4) is 0 Å². The predicted octanol–water partition coefficient (Wildman–Crippen LogP) is 3.06. The Morgan fingerprint density at radius 1 is 1.10 bits per heavy atom. The van der Waals surface area contributed by atoms with Crippen LogP contribution in [0, 0.1) is 0 Å². The molecule has 1 aromatic heterocycles. The summed E-state index contributed by atoms with van der Waals surface area (Å²) >= 11 is 0. The van der Waals surface area contributed by atoms with Crippen LogP contribution in [0.4, 0.5) is 11.4 Å². The minimum Gasteiger partial charge on any atom is -0.383 e. The van der Waals surface area contributed by atoms with Crippen LogP contribution in [0.25, 0.3) is 10.9 Å². The van der Waals surface area contributed by atoms with E-state index in [1.54, 1.807) is 0 Å². The fourth-order valence-electron chi connectivity index (χ4n) is 4.17. The van der Waals surface area contributed by atoms with Gasteiger partial charge >= 0.3 is 0 Å². The molecule has 2 aliphatic rings. The molecule has 3 aromatic rings. The fraction of sp³-hybridized carbons (Fsp3) is 0.304. The van der Waals surface area contributed by atoms with E-state index in [0.717, 1.165) is 72.9 Å². The summed E-state index contributed by atoms with van der Waals surface area (Å²) in [6.45, 7) is 5.35. The number of para-hydroxylation sites is 2. The SMILES string of the molecule is O=C1Nc2ccccc2C1c1cc(NCCN2CCOCC2)c2ccccc2n1. The molecule has 29 heavy (non-hydrogen) atoms.